The molecule has 0 aliphatic carbocycles. The van der Waals surface area contributed by atoms with Crippen molar-refractivity contribution in [1.82, 2.24) is 9.80 Å². The van der Waals surface area contributed by atoms with E-state index in [1.54, 1.807) is 0 Å². The molecule has 5 heteroatoms. The highest BCUT2D eigenvalue weighted by Gasteiger charge is 2.26. The smallest absolute Gasteiger partial charge is 0.0900 e. The van der Waals surface area contributed by atoms with Crippen molar-refractivity contribution in [2.24, 2.45) is 0 Å². The van der Waals surface area contributed by atoms with Gasteiger partial charge in [0.1, 0.15) is 0 Å². The highest BCUT2D eigenvalue weighted by molar-refractivity contribution is 4.83. The van der Waals surface area contributed by atoms with Gasteiger partial charge >= 0.3 is 0 Å². The van der Waals surface area contributed by atoms with Crippen molar-refractivity contribution in [2.75, 3.05) is 52.5 Å². The minimum atomic E-state index is -0.380. The topological polar surface area (TPSA) is 45.2 Å². The number of ether oxygens (including phenoxy) is 2. The average molecular weight is 341 g/mol. The Bertz CT molecular complexity index is 342. The average Bonchev–Trinajstić information content (AvgIpc) is 2.95. The number of rotatable bonds is 7. The van der Waals surface area contributed by atoms with Crippen LogP contribution in [0.15, 0.2) is 0 Å². The van der Waals surface area contributed by atoms with Crippen molar-refractivity contribution < 1.29 is 14.6 Å². The van der Waals surface area contributed by atoms with Crippen LogP contribution in [0.4, 0.5) is 0 Å². The lowest BCUT2D eigenvalue weighted by Gasteiger charge is -2.39. The molecule has 3 atom stereocenters. The van der Waals surface area contributed by atoms with E-state index in [9.17, 15) is 5.11 Å². The molecule has 3 unspecified atom stereocenters. The number of likely N-dealkylation sites (tertiary alicyclic amines) is 2. The normalized spacial score (nSPS) is 31.9. The van der Waals surface area contributed by atoms with Gasteiger partial charge in [-0.3, -0.25) is 9.80 Å². The van der Waals surface area contributed by atoms with Crippen LogP contribution in [0.1, 0.15) is 51.4 Å². The van der Waals surface area contributed by atoms with Crippen LogP contribution in [0, 0.1) is 0 Å². The van der Waals surface area contributed by atoms with Crippen LogP contribution in [-0.2, 0) is 9.47 Å². The van der Waals surface area contributed by atoms with Gasteiger partial charge in [0.2, 0.25) is 0 Å². The highest BCUT2D eigenvalue weighted by atomic mass is 16.5. The first kappa shape index (κ1) is 18.6. The van der Waals surface area contributed by atoms with Crippen LogP contribution in [0.2, 0.25) is 0 Å². The summed E-state index contributed by atoms with van der Waals surface area (Å²) in [4.78, 5) is 5.15. The van der Waals surface area contributed by atoms with Gasteiger partial charge in [0.15, 0.2) is 0 Å². The van der Waals surface area contributed by atoms with Crippen molar-refractivity contribution in [3.8, 4) is 0 Å². The molecule has 0 radical (unpaired) electrons. The molecule has 0 spiro atoms. The molecular weight excluding hydrogens is 304 g/mol. The Labute approximate surface area is 147 Å². The maximum Gasteiger partial charge on any atom is 0.0900 e. The van der Waals surface area contributed by atoms with Crippen LogP contribution < -0.4 is 0 Å². The van der Waals surface area contributed by atoms with Gasteiger partial charge in [-0.25, -0.2) is 0 Å². The molecule has 3 rings (SSSR count). The number of hydrogen-bond acceptors (Lipinski definition) is 5. The van der Waals surface area contributed by atoms with Gasteiger partial charge in [0.05, 0.1) is 25.4 Å². The largest absolute Gasteiger partial charge is 0.389 e. The lowest BCUT2D eigenvalue weighted by molar-refractivity contribution is -0.0297. The SMILES string of the molecule is OC(COCC1CCCO1)CN1CCCC(N2CCCCCC2)C1. The molecule has 3 saturated heterocycles. The minimum Gasteiger partial charge on any atom is -0.389 e. The van der Waals surface area contributed by atoms with E-state index >= 15 is 0 Å². The van der Waals surface area contributed by atoms with Crippen LogP contribution in [0.5, 0.6) is 0 Å². The maximum absolute atomic E-state index is 10.3. The molecule has 3 fully saturated rings. The Balaban J connectivity index is 1.34. The molecule has 0 aromatic carbocycles. The molecule has 24 heavy (non-hydrogen) atoms. The Morgan fingerprint density at radius 2 is 1.83 bits per heavy atom. The first-order chi connectivity index (χ1) is 11.8. The summed E-state index contributed by atoms with van der Waals surface area (Å²) in [5.41, 5.74) is 0. The van der Waals surface area contributed by atoms with Crippen molar-refractivity contribution in [3.05, 3.63) is 0 Å². The van der Waals surface area contributed by atoms with Gasteiger partial charge in [-0.15, -0.1) is 0 Å². The molecule has 140 valence electrons. The second-order valence-corrected chi connectivity index (χ2v) is 7.83. The molecule has 3 aliphatic rings. The van der Waals surface area contributed by atoms with Crippen LogP contribution in [-0.4, -0.2) is 85.7 Å². The Morgan fingerprint density at radius 1 is 1.00 bits per heavy atom. The second kappa shape index (κ2) is 10.1. The molecule has 0 bridgehead atoms. The molecule has 1 N–H and O–H groups in total. The highest BCUT2D eigenvalue weighted by Crippen LogP contribution is 2.20. The summed E-state index contributed by atoms with van der Waals surface area (Å²) in [6.07, 6.45) is 10.2. The predicted molar refractivity (Wildman–Crippen MR) is 95.3 cm³/mol. The van der Waals surface area contributed by atoms with Crippen molar-refractivity contribution in [3.63, 3.8) is 0 Å². The zero-order valence-corrected chi connectivity index (χ0v) is 15.2. The van der Waals surface area contributed by atoms with E-state index in [4.69, 9.17) is 9.47 Å². The van der Waals surface area contributed by atoms with E-state index in [-0.39, 0.29) is 12.2 Å². The molecule has 0 aromatic heterocycles. The lowest BCUT2D eigenvalue weighted by Crippen LogP contribution is -2.50. The van der Waals surface area contributed by atoms with Gasteiger partial charge in [0, 0.05) is 25.7 Å². The van der Waals surface area contributed by atoms with Crippen LogP contribution in [0.25, 0.3) is 0 Å². The fourth-order valence-corrected chi connectivity index (χ4v) is 4.42. The summed E-state index contributed by atoms with van der Waals surface area (Å²) in [6.45, 7) is 7.45. The fourth-order valence-electron chi connectivity index (χ4n) is 4.42. The zero-order valence-electron chi connectivity index (χ0n) is 15.2. The summed E-state index contributed by atoms with van der Waals surface area (Å²) in [6, 6.07) is 0.692. The van der Waals surface area contributed by atoms with Gasteiger partial charge < -0.3 is 14.6 Å². The standard InChI is InChI=1S/C19H36N2O3/c22-18(15-23-16-19-8-6-12-24-19)14-20-9-5-7-17(13-20)21-10-3-1-2-4-11-21/h17-19,22H,1-16H2. The van der Waals surface area contributed by atoms with Crippen molar-refractivity contribution in [1.29, 1.82) is 0 Å². The first-order valence-electron chi connectivity index (χ1n) is 10.1. The van der Waals surface area contributed by atoms with E-state index in [0.717, 1.165) is 39.1 Å². The summed E-state index contributed by atoms with van der Waals surface area (Å²) < 4.78 is 11.2. The minimum absolute atomic E-state index is 0.250. The molecular formula is C19H36N2O3. The molecule has 0 aromatic rings. The Hall–Kier alpha value is -0.200. The third-order valence-corrected chi connectivity index (χ3v) is 5.74. The van der Waals surface area contributed by atoms with E-state index < -0.39 is 0 Å². The van der Waals surface area contributed by atoms with Crippen LogP contribution in [0.3, 0.4) is 0 Å². The van der Waals surface area contributed by atoms with Gasteiger partial charge in [-0.1, -0.05) is 12.8 Å². The number of aliphatic hydroxyl groups is 1. The van der Waals surface area contributed by atoms with Crippen molar-refractivity contribution >= 4 is 0 Å². The second-order valence-electron chi connectivity index (χ2n) is 7.83. The molecule has 0 saturated carbocycles. The molecule has 5 nitrogen and oxygen atoms in total. The fraction of sp³-hybridized carbons (Fsp3) is 1.00. The van der Waals surface area contributed by atoms with E-state index in [1.807, 2.05) is 0 Å². The number of nitrogens with zero attached hydrogens (tertiary/aromatic N) is 2. The van der Waals surface area contributed by atoms with E-state index in [1.165, 1.54) is 51.6 Å². The number of piperidine rings is 1. The molecule has 3 heterocycles. The maximum atomic E-state index is 10.3. The Kier molecular flexibility index (Phi) is 7.80. The first-order valence-corrected chi connectivity index (χ1v) is 10.1. The Morgan fingerprint density at radius 3 is 2.58 bits per heavy atom. The lowest BCUT2D eigenvalue weighted by atomic mass is 10.0. The summed E-state index contributed by atoms with van der Waals surface area (Å²) >= 11 is 0. The van der Waals surface area contributed by atoms with Gasteiger partial charge in [0.25, 0.3) is 0 Å². The summed E-state index contributed by atoms with van der Waals surface area (Å²) in [7, 11) is 0. The summed E-state index contributed by atoms with van der Waals surface area (Å²) in [5, 5.41) is 10.3. The quantitative estimate of drug-likeness (QED) is 0.767. The van der Waals surface area contributed by atoms with Crippen LogP contribution >= 0.6 is 0 Å². The predicted octanol–water partition coefficient (Wildman–Crippen LogP) is 1.88. The van der Waals surface area contributed by atoms with Gasteiger partial charge in [-0.2, -0.15) is 0 Å². The monoisotopic (exact) mass is 340 g/mol. The zero-order chi connectivity index (χ0) is 16.6. The number of aliphatic hydroxyl groups excluding tert-OH is 1. The molecule has 3 aliphatic heterocycles. The number of hydrogen-bond donors (Lipinski definition) is 1. The third kappa shape index (κ3) is 5.95. The third-order valence-electron chi connectivity index (χ3n) is 5.74. The molecule has 0 amide bonds. The summed E-state index contributed by atoms with van der Waals surface area (Å²) in [5.74, 6) is 0. The van der Waals surface area contributed by atoms with E-state index in [2.05, 4.69) is 9.80 Å². The van der Waals surface area contributed by atoms with Crippen molar-refractivity contribution in [2.45, 2.75) is 69.6 Å². The van der Waals surface area contributed by atoms with Gasteiger partial charge in [-0.05, 0) is 58.2 Å². The number of β-amino-alcohol motifs (C(OH)–C–C–N with tert-alkyl or cyclic N) is 1. The van der Waals surface area contributed by atoms with E-state index in [0.29, 0.717) is 19.3 Å².